The van der Waals surface area contributed by atoms with Crippen molar-refractivity contribution in [2.45, 2.75) is 97.3 Å². The fourth-order valence-corrected chi connectivity index (χ4v) is 2.32. The highest BCUT2D eigenvalue weighted by Crippen LogP contribution is 2.09. The normalized spacial score (nSPS) is 11.7. The molecule has 0 saturated carbocycles. The summed E-state index contributed by atoms with van der Waals surface area (Å²) in [7, 11) is 0. The molecular formula is C20H36O. The molecule has 0 bridgehead atoms. The number of ketones is 1. The fourth-order valence-electron chi connectivity index (χ4n) is 2.32. The molecule has 0 radical (unpaired) electrons. The van der Waals surface area contributed by atoms with Gasteiger partial charge in [-0.05, 0) is 25.7 Å². The van der Waals surface area contributed by atoms with Gasteiger partial charge in [0.05, 0.1) is 0 Å². The Bertz CT molecular complexity index is 276. The zero-order valence-corrected chi connectivity index (χ0v) is 14.4. The monoisotopic (exact) mass is 292 g/mol. The molecule has 1 nitrogen and oxygen atoms in total. The summed E-state index contributed by atoms with van der Waals surface area (Å²) in [4.78, 5) is 11.1. The van der Waals surface area contributed by atoms with E-state index in [0.717, 1.165) is 12.8 Å². The van der Waals surface area contributed by atoms with Gasteiger partial charge in [0, 0.05) is 12.8 Å². The fraction of sp³-hybridized carbons (Fsp3) is 0.750. The Kier molecular flexibility index (Phi) is 16.5. The summed E-state index contributed by atoms with van der Waals surface area (Å²) < 4.78 is 0. The molecule has 0 aromatic carbocycles. The summed E-state index contributed by atoms with van der Waals surface area (Å²) in [6.07, 6.45) is 24.5. The number of allylic oxidation sites excluding steroid dienone is 4. The van der Waals surface area contributed by atoms with Gasteiger partial charge in [0.25, 0.3) is 0 Å². The summed E-state index contributed by atoms with van der Waals surface area (Å²) in [5, 5.41) is 0. The van der Waals surface area contributed by atoms with Crippen LogP contribution < -0.4 is 0 Å². The molecule has 122 valence electrons. The third kappa shape index (κ3) is 17.1. The molecule has 0 saturated heterocycles. The number of carbonyl (C=O) groups excluding carboxylic acids is 1. The van der Waals surface area contributed by atoms with E-state index in [1.807, 2.05) is 6.92 Å². The summed E-state index contributed by atoms with van der Waals surface area (Å²) in [5.41, 5.74) is 0. The van der Waals surface area contributed by atoms with Crippen LogP contribution in [0, 0.1) is 0 Å². The lowest BCUT2D eigenvalue weighted by Gasteiger charge is -1.99. The van der Waals surface area contributed by atoms with Crippen molar-refractivity contribution in [1.29, 1.82) is 0 Å². The van der Waals surface area contributed by atoms with Crippen LogP contribution in [0.1, 0.15) is 97.3 Å². The Morgan fingerprint density at radius 2 is 1.29 bits per heavy atom. The molecule has 0 spiro atoms. The standard InChI is InChI=1S/C20H36O/c1-3-5-6-7-8-9-10-11-12-13-14-15-16-17-18-19-20(21)4-2/h13-14,16-17H,3-12,15,18-19H2,1-2H3/b14-13-,17-16-. The van der Waals surface area contributed by atoms with E-state index < -0.39 is 0 Å². The van der Waals surface area contributed by atoms with Crippen LogP contribution in [0.15, 0.2) is 24.3 Å². The highest BCUT2D eigenvalue weighted by molar-refractivity contribution is 5.78. The van der Waals surface area contributed by atoms with Crippen molar-refractivity contribution >= 4 is 5.78 Å². The van der Waals surface area contributed by atoms with E-state index >= 15 is 0 Å². The smallest absolute Gasteiger partial charge is 0.132 e. The van der Waals surface area contributed by atoms with Crippen LogP contribution in [0.4, 0.5) is 0 Å². The molecular weight excluding hydrogens is 256 g/mol. The van der Waals surface area contributed by atoms with E-state index in [9.17, 15) is 4.79 Å². The number of Topliss-reactive ketones (excluding diaryl/α,β-unsaturated/α-hetero) is 1. The van der Waals surface area contributed by atoms with E-state index in [0.29, 0.717) is 18.6 Å². The molecule has 0 unspecified atom stereocenters. The first-order chi connectivity index (χ1) is 10.3. The van der Waals surface area contributed by atoms with Crippen LogP contribution in [-0.4, -0.2) is 5.78 Å². The van der Waals surface area contributed by atoms with Crippen molar-refractivity contribution in [2.24, 2.45) is 0 Å². The zero-order chi connectivity index (χ0) is 15.6. The van der Waals surface area contributed by atoms with Crippen LogP contribution in [0.2, 0.25) is 0 Å². The van der Waals surface area contributed by atoms with Gasteiger partial charge in [-0.15, -0.1) is 0 Å². The Balaban J connectivity index is 3.22. The van der Waals surface area contributed by atoms with Crippen molar-refractivity contribution in [1.82, 2.24) is 0 Å². The van der Waals surface area contributed by atoms with E-state index in [1.165, 1.54) is 57.8 Å². The van der Waals surface area contributed by atoms with Crippen molar-refractivity contribution in [3.05, 3.63) is 24.3 Å². The van der Waals surface area contributed by atoms with Crippen LogP contribution >= 0.6 is 0 Å². The zero-order valence-electron chi connectivity index (χ0n) is 14.4. The van der Waals surface area contributed by atoms with Gasteiger partial charge in [0.1, 0.15) is 5.78 Å². The maximum atomic E-state index is 11.1. The second kappa shape index (κ2) is 17.2. The Hall–Kier alpha value is -0.850. The minimum absolute atomic E-state index is 0.366. The molecule has 0 aromatic heterocycles. The topological polar surface area (TPSA) is 17.1 Å². The van der Waals surface area contributed by atoms with Crippen LogP contribution in [0.5, 0.6) is 0 Å². The number of rotatable bonds is 15. The van der Waals surface area contributed by atoms with Crippen LogP contribution in [0.3, 0.4) is 0 Å². The Morgan fingerprint density at radius 1 is 0.714 bits per heavy atom. The molecule has 0 heterocycles. The largest absolute Gasteiger partial charge is 0.300 e. The lowest BCUT2D eigenvalue weighted by Crippen LogP contribution is -1.92. The molecule has 21 heavy (non-hydrogen) atoms. The molecule has 0 aliphatic heterocycles. The number of carbonyl (C=O) groups is 1. The lowest BCUT2D eigenvalue weighted by molar-refractivity contribution is -0.118. The van der Waals surface area contributed by atoms with Gasteiger partial charge in [0.2, 0.25) is 0 Å². The number of hydrogen-bond donors (Lipinski definition) is 0. The SMILES string of the molecule is CCCCCCCCCC/C=C\C/C=C\CCC(=O)CC. The van der Waals surface area contributed by atoms with E-state index in [2.05, 4.69) is 31.2 Å². The van der Waals surface area contributed by atoms with Crippen LogP contribution in [-0.2, 0) is 4.79 Å². The summed E-state index contributed by atoms with van der Waals surface area (Å²) in [6, 6.07) is 0. The summed E-state index contributed by atoms with van der Waals surface area (Å²) in [5.74, 6) is 0.366. The van der Waals surface area contributed by atoms with Gasteiger partial charge >= 0.3 is 0 Å². The lowest BCUT2D eigenvalue weighted by atomic mass is 10.1. The van der Waals surface area contributed by atoms with E-state index in [-0.39, 0.29) is 0 Å². The Labute approximate surface area is 132 Å². The highest BCUT2D eigenvalue weighted by atomic mass is 16.1. The minimum Gasteiger partial charge on any atom is -0.300 e. The van der Waals surface area contributed by atoms with Crippen molar-refractivity contribution in [2.75, 3.05) is 0 Å². The molecule has 1 heteroatoms. The first kappa shape index (κ1) is 20.1. The second-order valence-corrected chi connectivity index (χ2v) is 5.87. The molecule has 0 aromatic rings. The van der Waals surface area contributed by atoms with Gasteiger partial charge in [0.15, 0.2) is 0 Å². The first-order valence-corrected chi connectivity index (χ1v) is 9.13. The molecule has 0 amide bonds. The summed E-state index contributed by atoms with van der Waals surface area (Å²) in [6.45, 7) is 4.20. The predicted molar refractivity (Wildman–Crippen MR) is 94.7 cm³/mol. The van der Waals surface area contributed by atoms with E-state index in [4.69, 9.17) is 0 Å². The second-order valence-electron chi connectivity index (χ2n) is 5.87. The molecule has 0 rings (SSSR count). The third-order valence-electron chi connectivity index (χ3n) is 3.81. The molecule has 0 atom stereocenters. The average Bonchev–Trinajstić information content (AvgIpc) is 2.50. The number of hydrogen-bond acceptors (Lipinski definition) is 1. The van der Waals surface area contributed by atoms with Crippen molar-refractivity contribution in [3.8, 4) is 0 Å². The van der Waals surface area contributed by atoms with Crippen molar-refractivity contribution < 1.29 is 4.79 Å². The minimum atomic E-state index is 0.366. The quantitative estimate of drug-likeness (QED) is 0.240. The predicted octanol–water partition coefficient (Wildman–Crippen LogP) is 6.78. The molecule has 0 aliphatic carbocycles. The summed E-state index contributed by atoms with van der Waals surface area (Å²) >= 11 is 0. The first-order valence-electron chi connectivity index (χ1n) is 9.13. The highest BCUT2D eigenvalue weighted by Gasteiger charge is 1.93. The maximum absolute atomic E-state index is 11.1. The van der Waals surface area contributed by atoms with E-state index in [1.54, 1.807) is 0 Å². The molecule has 0 fully saturated rings. The van der Waals surface area contributed by atoms with Crippen LogP contribution in [0.25, 0.3) is 0 Å². The van der Waals surface area contributed by atoms with Gasteiger partial charge in [-0.25, -0.2) is 0 Å². The third-order valence-corrected chi connectivity index (χ3v) is 3.81. The maximum Gasteiger partial charge on any atom is 0.132 e. The van der Waals surface area contributed by atoms with Gasteiger partial charge in [-0.1, -0.05) is 83.1 Å². The van der Waals surface area contributed by atoms with Gasteiger partial charge in [-0.2, -0.15) is 0 Å². The molecule has 0 aliphatic rings. The van der Waals surface area contributed by atoms with Gasteiger partial charge < -0.3 is 0 Å². The number of unbranched alkanes of at least 4 members (excludes halogenated alkanes) is 8. The Morgan fingerprint density at radius 3 is 1.90 bits per heavy atom. The van der Waals surface area contributed by atoms with Gasteiger partial charge in [-0.3, -0.25) is 4.79 Å². The molecule has 0 N–H and O–H groups in total. The average molecular weight is 293 g/mol. The van der Waals surface area contributed by atoms with Crippen molar-refractivity contribution in [3.63, 3.8) is 0 Å².